The zero-order valence-electron chi connectivity index (χ0n) is 9.26. The summed E-state index contributed by atoms with van der Waals surface area (Å²) in [6.07, 6.45) is 0. The molecule has 1 aromatic rings. The van der Waals surface area contributed by atoms with Crippen molar-refractivity contribution in [3.05, 3.63) is 27.8 Å². The summed E-state index contributed by atoms with van der Waals surface area (Å²) in [5.41, 5.74) is 1.56. The maximum Gasteiger partial charge on any atom is 0.0368 e. The van der Waals surface area contributed by atoms with Crippen molar-refractivity contribution in [1.29, 1.82) is 0 Å². The first kappa shape index (κ1) is 11.2. The lowest BCUT2D eigenvalue weighted by Crippen LogP contribution is -2.57. The summed E-state index contributed by atoms with van der Waals surface area (Å²) in [6.45, 7) is 7.76. The van der Waals surface area contributed by atoms with E-state index in [1.165, 1.54) is 9.26 Å². The van der Waals surface area contributed by atoms with E-state index in [0.717, 1.165) is 19.6 Å². The third-order valence-electron chi connectivity index (χ3n) is 2.76. The number of anilines is 1. The van der Waals surface area contributed by atoms with Gasteiger partial charge in [0.2, 0.25) is 0 Å². The Hall–Kier alpha value is -0.290. The van der Waals surface area contributed by atoms with Gasteiger partial charge in [0, 0.05) is 34.4 Å². The Kier molecular flexibility index (Phi) is 3.21. The summed E-state index contributed by atoms with van der Waals surface area (Å²) in [7, 11) is 0. The van der Waals surface area contributed by atoms with Crippen LogP contribution < -0.4 is 10.2 Å². The summed E-state index contributed by atoms with van der Waals surface area (Å²) in [4.78, 5) is 2.45. The molecule has 0 bridgehead atoms. The van der Waals surface area contributed by atoms with Crippen molar-refractivity contribution in [2.24, 2.45) is 0 Å². The van der Waals surface area contributed by atoms with Gasteiger partial charge in [-0.25, -0.2) is 0 Å². The maximum absolute atomic E-state index is 3.53. The molecule has 1 N–H and O–H groups in total. The molecule has 0 saturated carbocycles. The lowest BCUT2D eigenvalue weighted by Gasteiger charge is -2.40. The smallest absolute Gasteiger partial charge is 0.0368 e. The Bertz CT molecular complexity index is 332. The fourth-order valence-electron chi connectivity index (χ4n) is 2.01. The lowest BCUT2D eigenvalue weighted by atomic mass is 10.0. The molecular formula is C12H17IN2. The van der Waals surface area contributed by atoms with Gasteiger partial charge in [0.05, 0.1) is 0 Å². The molecule has 1 fully saturated rings. The van der Waals surface area contributed by atoms with Crippen LogP contribution in [0.3, 0.4) is 0 Å². The maximum atomic E-state index is 3.53. The van der Waals surface area contributed by atoms with Crippen molar-refractivity contribution in [2.45, 2.75) is 19.4 Å². The predicted octanol–water partition coefficient (Wildman–Crippen LogP) is 2.48. The van der Waals surface area contributed by atoms with Crippen molar-refractivity contribution in [2.75, 3.05) is 24.5 Å². The van der Waals surface area contributed by atoms with Gasteiger partial charge in [-0.3, -0.25) is 0 Å². The van der Waals surface area contributed by atoms with Crippen molar-refractivity contribution in [1.82, 2.24) is 5.32 Å². The average molecular weight is 316 g/mol. The van der Waals surface area contributed by atoms with Gasteiger partial charge >= 0.3 is 0 Å². The molecule has 82 valence electrons. The monoisotopic (exact) mass is 316 g/mol. The molecule has 0 aliphatic carbocycles. The van der Waals surface area contributed by atoms with Crippen LogP contribution >= 0.6 is 22.6 Å². The second-order valence-electron chi connectivity index (χ2n) is 4.71. The van der Waals surface area contributed by atoms with E-state index in [1.54, 1.807) is 0 Å². The molecule has 0 aromatic heterocycles. The van der Waals surface area contributed by atoms with Crippen LogP contribution in [-0.4, -0.2) is 25.2 Å². The predicted molar refractivity (Wildman–Crippen MR) is 73.5 cm³/mol. The molecule has 0 unspecified atom stereocenters. The number of nitrogens with zero attached hydrogens (tertiary/aromatic N) is 1. The Morgan fingerprint density at radius 2 is 1.93 bits per heavy atom. The molecule has 1 aromatic carbocycles. The minimum Gasteiger partial charge on any atom is -0.368 e. The van der Waals surface area contributed by atoms with Gasteiger partial charge in [0.15, 0.2) is 0 Å². The topological polar surface area (TPSA) is 15.3 Å². The van der Waals surface area contributed by atoms with Crippen LogP contribution in [-0.2, 0) is 0 Å². The van der Waals surface area contributed by atoms with E-state index in [4.69, 9.17) is 0 Å². The van der Waals surface area contributed by atoms with Crippen molar-refractivity contribution in [3.63, 3.8) is 0 Å². The van der Waals surface area contributed by atoms with Gasteiger partial charge in [-0.2, -0.15) is 0 Å². The van der Waals surface area contributed by atoms with Gasteiger partial charge in [-0.15, -0.1) is 0 Å². The van der Waals surface area contributed by atoms with Crippen molar-refractivity contribution in [3.8, 4) is 0 Å². The second-order valence-corrected chi connectivity index (χ2v) is 5.95. The highest BCUT2D eigenvalue weighted by Gasteiger charge is 2.25. The molecule has 0 radical (unpaired) electrons. The number of halogens is 1. The van der Waals surface area contributed by atoms with E-state index < -0.39 is 0 Å². The third-order valence-corrected chi connectivity index (χ3v) is 3.48. The molecule has 1 aliphatic heterocycles. The summed E-state index contributed by atoms with van der Waals surface area (Å²) in [5.74, 6) is 0. The van der Waals surface area contributed by atoms with Gasteiger partial charge in [-0.05, 0) is 60.7 Å². The van der Waals surface area contributed by atoms with Crippen LogP contribution in [0.5, 0.6) is 0 Å². The Balaban J connectivity index is 2.13. The van der Waals surface area contributed by atoms with Crippen molar-refractivity contribution >= 4 is 28.3 Å². The van der Waals surface area contributed by atoms with Gasteiger partial charge in [-0.1, -0.05) is 0 Å². The lowest BCUT2D eigenvalue weighted by molar-refractivity contribution is 0.353. The molecule has 3 heteroatoms. The molecule has 0 spiro atoms. The SMILES string of the molecule is CC1(C)CN(c2ccc(I)cc2)CCN1. The molecule has 1 saturated heterocycles. The standard InChI is InChI=1S/C12H17IN2/c1-12(2)9-15(8-7-14-12)11-5-3-10(13)4-6-11/h3-6,14H,7-9H2,1-2H3. The summed E-state index contributed by atoms with van der Waals surface area (Å²) < 4.78 is 1.30. The van der Waals surface area contributed by atoms with E-state index in [-0.39, 0.29) is 5.54 Å². The van der Waals surface area contributed by atoms with Crippen LogP contribution in [0.2, 0.25) is 0 Å². The highest BCUT2D eigenvalue weighted by molar-refractivity contribution is 14.1. The minimum absolute atomic E-state index is 0.223. The number of hydrogen-bond acceptors (Lipinski definition) is 2. The number of nitrogens with one attached hydrogen (secondary N) is 1. The number of piperazine rings is 1. The number of hydrogen-bond donors (Lipinski definition) is 1. The van der Waals surface area contributed by atoms with E-state index in [9.17, 15) is 0 Å². The van der Waals surface area contributed by atoms with E-state index in [2.05, 4.69) is 70.9 Å². The molecule has 2 rings (SSSR count). The van der Waals surface area contributed by atoms with Gasteiger partial charge in [0.25, 0.3) is 0 Å². The third kappa shape index (κ3) is 2.84. The van der Waals surface area contributed by atoms with Crippen LogP contribution in [0, 0.1) is 3.57 Å². The molecule has 1 aliphatic rings. The minimum atomic E-state index is 0.223. The van der Waals surface area contributed by atoms with Gasteiger partial charge < -0.3 is 10.2 Å². The second kappa shape index (κ2) is 4.29. The number of benzene rings is 1. The normalized spacial score (nSPS) is 20.3. The van der Waals surface area contributed by atoms with Gasteiger partial charge in [0.1, 0.15) is 0 Å². The molecule has 15 heavy (non-hydrogen) atoms. The molecule has 1 heterocycles. The summed E-state index contributed by atoms with van der Waals surface area (Å²) >= 11 is 2.34. The fourth-order valence-corrected chi connectivity index (χ4v) is 2.37. The zero-order valence-corrected chi connectivity index (χ0v) is 11.4. The molecule has 0 amide bonds. The zero-order chi connectivity index (χ0) is 10.9. The van der Waals surface area contributed by atoms with E-state index in [1.807, 2.05) is 0 Å². The summed E-state index contributed by atoms with van der Waals surface area (Å²) in [6, 6.07) is 8.77. The van der Waals surface area contributed by atoms with Crippen LogP contribution in [0.25, 0.3) is 0 Å². The van der Waals surface area contributed by atoms with Crippen LogP contribution in [0.15, 0.2) is 24.3 Å². The van der Waals surface area contributed by atoms with Crippen LogP contribution in [0.1, 0.15) is 13.8 Å². The first-order chi connectivity index (χ1) is 7.07. The van der Waals surface area contributed by atoms with E-state index in [0.29, 0.717) is 0 Å². The Morgan fingerprint density at radius 1 is 1.27 bits per heavy atom. The molecular weight excluding hydrogens is 299 g/mol. The Morgan fingerprint density at radius 3 is 2.53 bits per heavy atom. The fraction of sp³-hybridized carbons (Fsp3) is 0.500. The van der Waals surface area contributed by atoms with Crippen LogP contribution in [0.4, 0.5) is 5.69 Å². The molecule has 2 nitrogen and oxygen atoms in total. The van der Waals surface area contributed by atoms with E-state index >= 15 is 0 Å². The molecule has 0 atom stereocenters. The van der Waals surface area contributed by atoms with Crippen molar-refractivity contribution < 1.29 is 0 Å². The largest absolute Gasteiger partial charge is 0.368 e. The summed E-state index contributed by atoms with van der Waals surface area (Å²) in [5, 5.41) is 3.53. The average Bonchev–Trinajstić information content (AvgIpc) is 2.17. The highest BCUT2D eigenvalue weighted by Crippen LogP contribution is 2.20. The first-order valence-electron chi connectivity index (χ1n) is 5.32. The highest BCUT2D eigenvalue weighted by atomic mass is 127. The first-order valence-corrected chi connectivity index (χ1v) is 6.40. The number of rotatable bonds is 1. The Labute approximate surface area is 105 Å². The quantitative estimate of drug-likeness (QED) is 0.801.